The molecule has 1 aromatic heterocycles. The first kappa shape index (κ1) is 10.1. The zero-order valence-electron chi connectivity index (χ0n) is 7.87. The molecule has 0 saturated carbocycles. The van der Waals surface area contributed by atoms with Gasteiger partial charge in [0.05, 0.1) is 11.4 Å². The average Bonchev–Trinajstić information content (AvgIpc) is 2.54. The number of nitrogen functional groups attached to an aromatic ring is 1. The quantitative estimate of drug-likeness (QED) is 0.515. The Bertz CT molecular complexity index is 354. The molecule has 1 rings (SSSR count). The summed E-state index contributed by atoms with van der Waals surface area (Å²) in [7, 11) is 1.71. The molecule has 0 bridgehead atoms. The van der Waals surface area contributed by atoms with Crippen molar-refractivity contribution in [2.75, 3.05) is 19.3 Å². The van der Waals surface area contributed by atoms with Crippen LogP contribution in [0.3, 0.4) is 0 Å². The summed E-state index contributed by atoms with van der Waals surface area (Å²) in [6.45, 7) is -0.0548. The lowest BCUT2D eigenvalue weighted by molar-refractivity contribution is 1.03. The van der Waals surface area contributed by atoms with Crippen LogP contribution in [0.15, 0.2) is 23.1 Å². The zero-order valence-corrected chi connectivity index (χ0v) is 7.87. The minimum atomic E-state index is -0.0548. The number of nitrogens with one attached hydrogen (secondary N) is 2. The number of rotatable bonds is 4. The van der Waals surface area contributed by atoms with Crippen molar-refractivity contribution in [3.8, 4) is 0 Å². The second kappa shape index (κ2) is 4.31. The van der Waals surface area contributed by atoms with E-state index < -0.39 is 0 Å². The van der Waals surface area contributed by atoms with Crippen molar-refractivity contribution >= 4 is 11.5 Å². The van der Waals surface area contributed by atoms with Gasteiger partial charge in [0, 0.05) is 18.8 Å². The maximum atomic E-state index is 10.1. The molecule has 0 amide bonds. The predicted octanol–water partition coefficient (Wildman–Crippen LogP) is 0.210. The summed E-state index contributed by atoms with van der Waals surface area (Å²) >= 11 is 0. The van der Waals surface area contributed by atoms with Crippen LogP contribution in [0.4, 0.5) is 5.82 Å². The Balaban J connectivity index is 3.09. The summed E-state index contributed by atoms with van der Waals surface area (Å²) in [6.07, 6.45) is 1.70. The molecule has 6 nitrogen and oxygen atoms in total. The maximum Gasteiger partial charge on any atom is 0.123 e. The van der Waals surface area contributed by atoms with E-state index in [0.717, 1.165) is 5.56 Å². The van der Waals surface area contributed by atoms with Crippen LogP contribution in [0, 0.1) is 4.91 Å². The van der Waals surface area contributed by atoms with Crippen LogP contribution in [0.5, 0.6) is 0 Å². The van der Waals surface area contributed by atoms with Crippen molar-refractivity contribution in [1.82, 2.24) is 10.3 Å². The lowest BCUT2D eigenvalue weighted by Crippen LogP contribution is -2.15. The molecule has 0 spiro atoms. The summed E-state index contributed by atoms with van der Waals surface area (Å²) in [6, 6.07) is 1.78. The van der Waals surface area contributed by atoms with Gasteiger partial charge in [0.25, 0.3) is 0 Å². The molecule has 0 aliphatic rings. The van der Waals surface area contributed by atoms with Crippen LogP contribution in [0.2, 0.25) is 0 Å². The smallest absolute Gasteiger partial charge is 0.123 e. The molecule has 0 aromatic carbocycles. The Hall–Kier alpha value is -1.98. The normalized spacial score (nSPS) is 12.1. The van der Waals surface area contributed by atoms with Crippen LogP contribution < -0.4 is 16.8 Å². The SMILES string of the molecule is CN/C(=C(/N)CN=O)c1cc[nH]c1N. The number of aromatic nitrogens is 1. The highest BCUT2D eigenvalue weighted by molar-refractivity contribution is 5.74. The molecule has 0 saturated heterocycles. The molecule has 14 heavy (non-hydrogen) atoms. The minimum absolute atomic E-state index is 0.0548. The van der Waals surface area contributed by atoms with Crippen molar-refractivity contribution < 1.29 is 0 Å². The van der Waals surface area contributed by atoms with E-state index in [0.29, 0.717) is 17.2 Å². The van der Waals surface area contributed by atoms with Gasteiger partial charge < -0.3 is 21.8 Å². The second-order valence-electron chi connectivity index (χ2n) is 2.74. The molecule has 0 unspecified atom stereocenters. The zero-order chi connectivity index (χ0) is 10.6. The van der Waals surface area contributed by atoms with Gasteiger partial charge in [-0.2, -0.15) is 4.91 Å². The highest BCUT2D eigenvalue weighted by Crippen LogP contribution is 2.19. The third-order valence-electron chi connectivity index (χ3n) is 1.85. The van der Waals surface area contributed by atoms with Gasteiger partial charge in [-0.15, -0.1) is 0 Å². The number of nitroso groups, excluding NO2 is 1. The molecule has 6 heteroatoms. The molecule has 1 aromatic rings. The number of H-pyrrole nitrogens is 1. The highest BCUT2D eigenvalue weighted by Gasteiger charge is 2.09. The second-order valence-corrected chi connectivity index (χ2v) is 2.74. The molecule has 0 aliphatic heterocycles. The Labute approximate surface area is 81.3 Å². The molecule has 0 aliphatic carbocycles. The first-order chi connectivity index (χ1) is 6.70. The lowest BCUT2D eigenvalue weighted by atomic mass is 10.2. The number of hydrogen-bond acceptors (Lipinski definition) is 5. The average molecular weight is 195 g/mol. The largest absolute Gasteiger partial charge is 0.399 e. The van der Waals surface area contributed by atoms with Crippen LogP contribution in [0.25, 0.3) is 5.70 Å². The van der Waals surface area contributed by atoms with E-state index in [-0.39, 0.29) is 6.54 Å². The van der Waals surface area contributed by atoms with E-state index >= 15 is 0 Å². The van der Waals surface area contributed by atoms with E-state index in [2.05, 4.69) is 15.5 Å². The predicted molar refractivity (Wildman–Crippen MR) is 56.0 cm³/mol. The van der Waals surface area contributed by atoms with Crippen LogP contribution in [0.1, 0.15) is 5.56 Å². The summed E-state index contributed by atoms with van der Waals surface area (Å²) in [4.78, 5) is 12.9. The Morgan fingerprint density at radius 1 is 1.71 bits per heavy atom. The van der Waals surface area contributed by atoms with E-state index in [9.17, 15) is 4.91 Å². The summed E-state index contributed by atoms with van der Waals surface area (Å²) in [5.41, 5.74) is 13.1. The Morgan fingerprint density at radius 3 is 2.86 bits per heavy atom. The van der Waals surface area contributed by atoms with Crippen LogP contribution in [-0.2, 0) is 0 Å². The van der Waals surface area contributed by atoms with Gasteiger partial charge in [-0.25, -0.2) is 0 Å². The summed E-state index contributed by atoms with van der Waals surface area (Å²) in [5, 5.41) is 5.61. The first-order valence-electron chi connectivity index (χ1n) is 4.09. The summed E-state index contributed by atoms with van der Waals surface area (Å²) in [5.74, 6) is 0.503. The molecule has 0 fully saturated rings. The van der Waals surface area contributed by atoms with E-state index in [4.69, 9.17) is 11.5 Å². The number of hydrogen-bond donors (Lipinski definition) is 4. The number of aromatic amines is 1. The van der Waals surface area contributed by atoms with Crippen molar-refractivity contribution in [2.24, 2.45) is 10.9 Å². The fourth-order valence-corrected chi connectivity index (χ4v) is 1.22. The number of nitrogens with zero attached hydrogens (tertiary/aromatic N) is 1. The fourth-order valence-electron chi connectivity index (χ4n) is 1.22. The molecule has 0 atom stereocenters. The van der Waals surface area contributed by atoms with Crippen molar-refractivity contribution in [2.45, 2.75) is 0 Å². The van der Waals surface area contributed by atoms with Gasteiger partial charge in [0.2, 0.25) is 0 Å². The standard InChI is InChI=1S/C8H13N5O/c1-11-7(6(9)4-13-14)5-2-3-12-8(5)10/h2-3,11-12H,4,9-10H2,1H3/b7-6+. The highest BCUT2D eigenvalue weighted by atomic mass is 16.3. The van der Waals surface area contributed by atoms with Crippen molar-refractivity contribution in [1.29, 1.82) is 0 Å². The lowest BCUT2D eigenvalue weighted by Gasteiger charge is -2.08. The minimum Gasteiger partial charge on any atom is -0.399 e. The van der Waals surface area contributed by atoms with Gasteiger partial charge in [-0.3, -0.25) is 0 Å². The van der Waals surface area contributed by atoms with Crippen LogP contribution in [-0.4, -0.2) is 18.6 Å². The van der Waals surface area contributed by atoms with Gasteiger partial charge in [-0.05, 0) is 6.07 Å². The third kappa shape index (κ3) is 1.85. The van der Waals surface area contributed by atoms with E-state index in [1.807, 2.05) is 0 Å². The Kier molecular flexibility index (Phi) is 3.11. The topological polar surface area (TPSA) is 109 Å². The fraction of sp³-hybridized carbons (Fsp3) is 0.250. The molecule has 0 radical (unpaired) electrons. The van der Waals surface area contributed by atoms with Crippen molar-refractivity contribution in [3.05, 3.63) is 28.4 Å². The summed E-state index contributed by atoms with van der Waals surface area (Å²) < 4.78 is 0. The molecule has 1 heterocycles. The van der Waals surface area contributed by atoms with E-state index in [1.54, 1.807) is 19.3 Å². The monoisotopic (exact) mass is 195 g/mol. The van der Waals surface area contributed by atoms with Gasteiger partial charge in [0.1, 0.15) is 12.4 Å². The third-order valence-corrected chi connectivity index (χ3v) is 1.85. The van der Waals surface area contributed by atoms with Gasteiger partial charge >= 0.3 is 0 Å². The maximum absolute atomic E-state index is 10.1. The van der Waals surface area contributed by atoms with Crippen molar-refractivity contribution in [3.63, 3.8) is 0 Å². The van der Waals surface area contributed by atoms with E-state index in [1.165, 1.54) is 0 Å². The molecular formula is C8H13N5O. The Morgan fingerprint density at radius 2 is 2.43 bits per heavy atom. The van der Waals surface area contributed by atoms with Crippen LogP contribution >= 0.6 is 0 Å². The molecule has 76 valence electrons. The first-order valence-corrected chi connectivity index (χ1v) is 4.09. The number of nitrogens with two attached hydrogens (primary N) is 2. The number of anilines is 1. The molecule has 6 N–H and O–H groups in total. The molecular weight excluding hydrogens is 182 g/mol. The van der Waals surface area contributed by atoms with Gasteiger partial charge in [0.15, 0.2) is 0 Å². The van der Waals surface area contributed by atoms with Gasteiger partial charge in [-0.1, -0.05) is 5.18 Å².